The number of nitrogens with zero attached hydrogens (tertiary/aromatic N) is 1. The minimum Gasteiger partial charge on any atom is -0.486 e. The van der Waals surface area contributed by atoms with Gasteiger partial charge in [0.05, 0.1) is 5.02 Å². The second kappa shape index (κ2) is 6.00. The highest BCUT2D eigenvalue weighted by Crippen LogP contribution is 2.31. The van der Waals surface area contributed by atoms with E-state index in [-0.39, 0.29) is 6.10 Å². The van der Waals surface area contributed by atoms with Crippen LogP contribution < -0.4 is 14.8 Å². The second-order valence-corrected chi connectivity index (χ2v) is 6.21. The Hall–Kier alpha value is -0.950. The molecule has 2 aromatic rings. The van der Waals surface area contributed by atoms with Crippen LogP contribution in [0.1, 0.15) is 0 Å². The quantitative estimate of drug-likeness (QED) is 0.830. The molecule has 0 atom stereocenters. The van der Waals surface area contributed by atoms with Gasteiger partial charge in [0, 0.05) is 29.6 Å². The fourth-order valence-electron chi connectivity index (χ4n) is 1.54. The first kappa shape index (κ1) is 13.1. The highest BCUT2D eigenvalue weighted by atomic mass is 35.5. The Balaban J connectivity index is 1.61. The molecule has 1 aliphatic rings. The minimum atomic E-state index is 0.240. The smallest absolute Gasteiger partial charge is 0.192 e. The molecule has 0 bridgehead atoms. The monoisotopic (exact) mass is 313 g/mol. The molecular weight excluding hydrogens is 302 g/mol. The molecule has 2 heterocycles. The van der Waals surface area contributed by atoms with Gasteiger partial charge in [-0.25, -0.2) is 4.98 Å². The largest absolute Gasteiger partial charge is 0.486 e. The SMILES string of the molecule is Clc1cc(SNc2nccs2)ccc1OC1CNC1. The normalized spacial score (nSPS) is 15.0. The van der Waals surface area contributed by atoms with Crippen LogP contribution in [0.5, 0.6) is 5.75 Å². The molecule has 19 heavy (non-hydrogen) atoms. The molecular formula is C12H12ClN3OS2. The molecule has 100 valence electrons. The van der Waals surface area contributed by atoms with Crippen molar-refractivity contribution in [3.05, 3.63) is 34.8 Å². The number of thiazole rings is 1. The number of anilines is 1. The lowest BCUT2D eigenvalue weighted by atomic mass is 10.2. The summed E-state index contributed by atoms with van der Waals surface area (Å²) < 4.78 is 8.92. The van der Waals surface area contributed by atoms with E-state index in [0.717, 1.165) is 28.9 Å². The van der Waals surface area contributed by atoms with Crippen LogP contribution >= 0.6 is 34.9 Å². The van der Waals surface area contributed by atoms with Gasteiger partial charge in [-0.05, 0) is 30.1 Å². The summed E-state index contributed by atoms with van der Waals surface area (Å²) in [4.78, 5) is 5.18. The van der Waals surface area contributed by atoms with Gasteiger partial charge in [0.15, 0.2) is 5.13 Å². The molecule has 0 aliphatic carbocycles. The third kappa shape index (κ3) is 3.33. The number of nitrogens with one attached hydrogen (secondary N) is 2. The maximum atomic E-state index is 6.22. The van der Waals surface area contributed by atoms with Crippen molar-refractivity contribution in [1.82, 2.24) is 10.3 Å². The fourth-order valence-corrected chi connectivity index (χ4v) is 3.09. The van der Waals surface area contributed by atoms with Crippen LogP contribution in [0.2, 0.25) is 5.02 Å². The van der Waals surface area contributed by atoms with Crippen LogP contribution in [0, 0.1) is 0 Å². The average Bonchev–Trinajstić information content (AvgIpc) is 2.86. The number of hydrogen-bond acceptors (Lipinski definition) is 6. The molecule has 0 radical (unpaired) electrons. The number of halogens is 1. The van der Waals surface area contributed by atoms with Crippen LogP contribution in [0.15, 0.2) is 34.7 Å². The van der Waals surface area contributed by atoms with Gasteiger partial charge in [0.25, 0.3) is 0 Å². The van der Waals surface area contributed by atoms with E-state index in [1.165, 1.54) is 11.9 Å². The third-order valence-electron chi connectivity index (χ3n) is 2.63. The molecule has 1 aromatic heterocycles. The summed E-state index contributed by atoms with van der Waals surface area (Å²) in [6.45, 7) is 1.77. The second-order valence-electron chi connectivity index (χ2n) is 4.03. The number of hydrogen-bond donors (Lipinski definition) is 2. The summed E-state index contributed by atoms with van der Waals surface area (Å²) in [6, 6.07) is 5.79. The van der Waals surface area contributed by atoms with Crippen molar-refractivity contribution >= 4 is 40.0 Å². The first-order valence-corrected chi connectivity index (χ1v) is 7.88. The van der Waals surface area contributed by atoms with Crippen LogP contribution in [0.25, 0.3) is 0 Å². The fraction of sp³-hybridized carbons (Fsp3) is 0.250. The van der Waals surface area contributed by atoms with E-state index in [1.807, 2.05) is 23.6 Å². The van der Waals surface area contributed by atoms with Crippen molar-refractivity contribution in [2.45, 2.75) is 11.0 Å². The Kier molecular flexibility index (Phi) is 4.12. The van der Waals surface area contributed by atoms with E-state index < -0.39 is 0 Å². The molecule has 0 saturated carbocycles. The van der Waals surface area contributed by atoms with Gasteiger partial charge in [-0.15, -0.1) is 11.3 Å². The van der Waals surface area contributed by atoms with E-state index in [1.54, 1.807) is 17.5 Å². The topological polar surface area (TPSA) is 46.2 Å². The van der Waals surface area contributed by atoms with Gasteiger partial charge < -0.3 is 14.8 Å². The van der Waals surface area contributed by atoms with Crippen molar-refractivity contribution in [2.24, 2.45) is 0 Å². The minimum absolute atomic E-state index is 0.240. The molecule has 1 aliphatic heterocycles. The Morgan fingerprint density at radius 2 is 2.37 bits per heavy atom. The lowest BCUT2D eigenvalue weighted by Gasteiger charge is -2.28. The molecule has 4 nitrogen and oxygen atoms in total. The summed E-state index contributed by atoms with van der Waals surface area (Å²) in [5, 5.41) is 6.60. The number of aromatic nitrogens is 1. The van der Waals surface area contributed by atoms with Crippen LogP contribution in [-0.4, -0.2) is 24.2 Å². The van der Waals surface area contributed by atoms with Crippen LogP contribution in [-0.2, 0) is 0 Å². The molecule has 0 spiro atoms. The first-order chi connectivity index (χ1) is 9.31. The first-order valence-electron chi connectivity index (χ1n) is 5.80. The van der Waals surface area contributed by atoms with E-state index in [2.05, 4.69) is 15.0 Å². The maximum absolute atomic E-state index is 6.22. The molecule has 1 aromatic carbocycles. The van der Waals surface area contributed by atoms with Crippen molar-refractivity contribution in [2.75, 3.05) is 17.8 Å². The number of benzene rings is 1. The lowest BCUT2D eigenvalue weighted by Crippen LogP contribution is -2.50. The van der Waals surface area contributed by atoms with Crippen molar-refractivity contribution in [3.63, 3.8) is 0 Å². The zero-order chi connectivity index (χ0) is 13.1. The van der Waals surface area contributed by atoms with Crippen molar-refractivity contribution in [1.29, 1.82) is 0 Å². The Morgan fingerprint density at radius 1 is 1.47 bits per heavy atom. The van der Waals surface area contributed by atoms with Crippen molar-refractivity contribution < 1.29 is 4.74 Å². The summed E-state index contributed by atoms with van der Waals surface area (Å²) in [7, 11) is 0. The molecule has 1 fully saturated rings. The van der Waals surface area contributed by atoms with E-state index in [0.29, 0.717) is 5.02 Å². The maximum Gasteiger partial charge on any atom is 0.192 e. The van der Waals surface area contributed by atoms with Gasteiger partial charge in [0.2, 0.25) is 0 Å². The van der Waals surface area contributed by atoms with Gasteiger partial charge in [-0.2, -0.15) is 0 Å². The molecule has 0 amide bonds. The van der Waals surface area contributed by atoms with Gasteiger partial charge in [-0.1, -0.05) is 11.6 Å². The summed E-state index contributed by atoms with van der Waals surface area (Å²) in [5.41, 5.74) is 0. The summed E-state index contributed by atoms with van der Waals surface area (Å²) >= 11 is 9.26. The van der Waals surface area contributed by atoms with Gasteiger partial charge in [-0.3, -0.25) is 0 Å². The van der Waals surface area contributed by atoms with Gasteiger partial charge >= 0.3 is 0 Å². The van der Waals surface area contributed by atoms with Crippen LogP contribution in [0.3, 0.4) is 0 Å². The standard InChI is InChI=1S/C12H12ClN3OS2/c13-10-5-9(19-16-12-15-3-4-18-12)1-2-11(10)17-8-6-14-7-8/h1-5,8,14H,6-7H2,(H,15,16). The van der Waals surface area contributed by atoms with E-state index in [4.69, 9.17) is 16.3 Å². The average molecular weight is 314 g/mol. The Labute approximate surface area is 124 Å². The predicted molar refractivity (Wildman–Crippen MR) is 80.3 cm³/mol. The van der Waals surface area contributed by atoms with Crippen molar-refractivity contribution in [3.8, 4) is 5.75 Å². The zero-order valence-electron chi connectivity index (χ0n) is 9.93. The molecule has 3 rings (SSSR count). The molecule has 2 N–H and O–H groups in total. The van der Waals surface area contributed by atoms with Gasteiger partial charge in [0.1, 0.15) is 11.9 Å². The lowest BCUT2D eigenvalue weighted by molar-refractivity contribution is 0.142. The molecule has 1 saturated heterocycles. The summed E-state index contributed by atoms with van der Waals surface area (Å²) in [6.07, 6.45) is 2.01. The highest BCUT2D eigenvalue weighted by Gasteiger charge is 2.19. The summed E-state index contributed by atoms with van der Waals surface area (Å²) in [5.74, 6) is 0.742. The number of ether oxygens (including phenoxy) is 1. The van der Waals surface area contributed by atoms with E-state index in [9.17, 15) is 0 Å². The Morgan fingerprint density at radius 3 is 3.00 bits per heavy atom. The van der Waals surface area contributed by atoms with E-state index >= 15 is 0 Å². The van der Waals surface area contributed by atoms with Crippen LogP contribution in [0.4, 0.5) is 5.13 Å². The predicted octanol–water partition coefficient (Wildman–Crippen LogP) is 3.27. The number of rotatable bonds is 5. The molecule has 0 unspecified atom stereocenters. The third-order valence-corrected chi connectivity index (χ3v) is 4.53. The highest BCUT2D eigenvalue weighted by molar-refractivity contribution is 8.00. The molecule has 7 heteroatoms. The Bertz CT molecular complexity index is 546. The zero-order valence-corrected chi connectivity index (χ0v) is 12.3.